The molecule has 1 aromatic heterocycles. The van der Waals surface area contributed by atoms with Crippen molar-refractivity contribution in [1.82, 2.24) is 15.3 Å². The predicted molar refractivity (Wildman–Crippen MR) is 112 cm³/mol. The number of nitrogens with one attached hydrogen (secondary N) is 2. The molecule has 0 atom stereocenters. The number of carbonyl (C=O) groups is 1. The zero-order valence-corrected chi connectivity index (χ0v) is 16.7. The summed E-state index contributed by atoms with van der Waals surface area (Å²) in [5.41, 5.74) is 2.28. The summed E-state index contributed by atoms with van der Waals surface area (Å²) in [6.45, 7) is 2.27. The molecular weight excluding hydrogens is 368 g/mol. The second-order valence-corrected chi connectivity index (χ2v) is 6.39. The van der Waals surface area contributed by atoms with Crippen molar-refractivity contribution in [3.05, 3.63) is 71.7 Å². The SMILES string of the molecule is COc1ccc(CCNC(=O)c2cc(Nc3ccc(OC)cc3)nc(C)n2)cc1. The smallest absolute Gasteiger partial charge is 0.270 e. The van der Waals surface area contributed by atoms with Crippen LogP contribution >= 0.6 is 0 Å². The van der Waals surface area contributed by atoms with Gasteiger partial charge in [0.1, 0.15) is 28.8 Å². The first kappa shape index (κ1) is 20.1. The van der Waals surface area contributed by atoms with Gasteiger partial charge in [-0.1, -0.05) is 12.1 Å². The molecule has 29 heavy (non-hydrogen) atoms. The maximum atomic E-state index is 12.5. The number of benzene rings is 2. The third-order valence-corrected chi connectivity index (χ3v) is 4.29. The second kappa shape index (κ2) is 9.54. The van der Waals surface area contributed by atoms with Crippen LogP contribution in [-0.2, 0) is 6.42 Å². The minimum atomic E-state index is -0.234. The fourth-order valence-corrected chi connectivity index (χ4v) is 2.77. The van der Waals surface area contributed by atoms with Crippen molar-refractivity contribution in [2.24, 2.45) is 0 Å². The number of nitrogens with zero attached hydrogens (tertiary/aromatic N) is 2. The van der Waals surface area contributed by atoms with Crippen molar-refractivity contribution in [3.8, 4) is 11.5 Å². The van der Waals surface area contributed by atoms with Crippen LogP contribution in [0.2, 0.25) is 0 Å². The number of hydrogen-bond donors (Lipinski definition) is 2. The molecule has 2 aromatic carbocycles. The Kier molecular flexibility index (Phi) is 6.63. The van der Waals surface area contributed by atoms with Crippen molar-refractivity contribution >= 4 is 17.4 Å². The molecule has 0 spiro atoms. The third kappa shape index (κ3) is 5.68. The minimum absolute atomic E-state index is 0.234. The van der Waals surface area contributed by atoms with Gasteiger partial charge >= 0.3 is 0 Å². The standard InChI is InChI=1S/C22H24N4O3/c1-15-24-20(14-21(25-15)26-17-6-10-19(29-3)11-7-17)22(27)23-13-12-16-4-8-18(28-2)9-5-16/h4-11,14H,12-13H2,1-3H3,(H,23,27)(H,24,25,26). The van der Waals surface area contributed by atoms with Crippen LogP contribution < -0.4 is 20.1 Å². The van der Waals surface area contributed by atoms with E-state index in [0.29, 0.717) is 23.9 Å². The molecule has 7 heteroatoms. The van der Waals surface area contributed by atoms with E-state index < -0.39 is 0 Å². The number of amides is 1. The molecule has 2 N–H and O–H groups in total. The van der Waals surface area contributed by atoms with E-state index in [1.54, 1.807) is 27.2 Å². The van der Waals surface area contributed by atoms with Crippen LogP contribution in [0.15, 0.2) is 54.6 Å². The van der Waals surface area contributed by atoms with Crippen LogP contribution in [0.1, 0.15) is 21.9 Å². The average Bonchev–Trinajstić information content (AvgIpc) is 2.74. The van der Waals surface area contributed by atoms with Gasteiger partial charge in [0.25, 0.3) is 5.91 Å². The number of aromatic nitrogens is 2. The Labute approximate surface area is 170 Å². The van der Waals surface area contributed by atoms with Gasteiger partial charge in [0.15, 0.2) is 0 Å². The van der Waals surface area contributed by atoms with E-state index >= 15 is 0 Å². The number of carbonyl (C=O) groups excluding carboxylic acids is 1. The highest BCUT2D eigenvalue weighted by Gasteiger charge is 2.10. The van der Waals surface area contributed by atoms with Crippen LogP contribution in [0, 0.1) is 6.92 Å². The summed E-state index contributed by atoms with van der Waals surface area (Å²) in [6.07, 6.45) is 0.719. The molecule has 0 fully saturated rings. The van der Waals surface area contributed by atoms with Crippen molar-refractivity contribution < 1.29 is 14.3 Å². The number of anilines is 2. The average molecular weight is 392 g/mol. The van der Waals surface area contributed by atoms with Gasteiger partial charge < -0.3 is 20.1 Å². The van der Waals surface area contributed by atoms with E-state index in [2.05, 4.69) is 20.6 Å². The molecule has 0 aliphatic heterocycles. The topological polar surface area (TPSA) is 85.4 Å². The van der Waals surface area contributed by atoms with Gasteiger partial charge in [-0.25, -0.2) is 9.97 Å². The lowest BCUT2D eigenvalue weighted by Gasteiger charge is -2.10. The molecule has 0 bridgehead atoms. The maximum Gasteiger partial charge on any atom is 0.270 e. The molecule has 150 valence electrons. The third-order valence-electron chi connectivity index (χ3n) is 4.29. The summed E-state index contributed by atoms with van der Waals surface area (Å²) in [4.78, 5) is 21.1. The van der Waals surface area contributed by atoms with Gasteiger partial charge in [0.2, 0.25) is 0 Å². The number of hydrogen-bond acceptors (Lipinski definition) is 6. The summed E-state index contributed by atoms with van der Waals surface area (Å²) in [7, 11) is 3.26. The predicted octanol–water partition coefficient (Wildman–Crippen LogP) is 3.52. The molecule has 0 aliphatic rings. The van der Waals surface area contributed by atoms with Crippen molar-refractivity contribution in [1.29, 1.82) is 0 Å². The van der Waals surface area contributed by atoms with Crippen LogP contribution in [0.3, 0.4) is 0 Å². The Bertz CT molecular complexity index is 957. The Morgan fingerprint density at radius 2 is 1.55 bits per heavy atom. The van der Waals surface area contributed by atoms with Gasteiger partial charge in [-0.2, -0.15) is 0 Å². The molecule has 1 heterocycles. The van der Waals surface area contributed by atoms with Crippen LogP contribution in [0.4, 0.5) is 11.5 Å². The summed E-state index contributed by atoms with van der Waals surface area (Å²) >= 11 is 0. The zero-order valence-electron chi connectivity index (χ0n) is 16.7. The molecule has 0 saturated carbocycles. The first-order valence-corrected chi connectivity index (χ1v) is 9.25. The van der Waals surface area contributed by atoms with Crippen molar-refractivity contribution in [3.63, 3.8) is 0 Å². The Hall–Kier alpha value is -3.61. The van der Waals surface area contributed by atoms with E-state index in [-0.39, 0.29) is 5.91 Å². The summed E-state index contributed by atoms with van der Waals surface area (Å²) in [5, 5.41) is 6.09. The molecule has 3 rings (SSSR count). The quantitative estimate of drug-likeness (QED) is 0.610. The largest absolute Gasteiger partial charge is 0.497 e. The zero-order chi connectivity index (χ0) is 20.6. The van der Waals surface area contributed by atoms with Crippen molar-refractivity contribution in [2.75, 3.05) is 26.1 Å². The molecule has 1 amide bonds. The lowest BCUT2D eigenvalue weighted by molar-refractivity contribution is 0.0949. The maximum absolute atomic E-state index is 12.5. The molecule has 7 nitrogen and oxygen atoms in total. The van der Waals surface area contributed by atoms with E-state index in [4.69, 9.17) is 9.47 Å². The molecule has 0 unspecified atom stereocenters. The molecule has 3 aromatic rings. The van der Waals surface area contributed by atoms with Crippen LogP contribution in [-0.4, -0.2) is 36.6 Å². The number of aryl methyl sites for hydroxylation is 1. The van der Waals surface area contributed by atoms with E-state index in [1.165, 1.54) is 0 Å². The van der Waals surface area contributed by atoms with Gasteiger partial charge in [-0.3, -0.25) is 4.79 Å². The van der Waals surface area contributed by atoms with E-state index in [0.717, 1.165) is 29.2 Å². The van der Waals surface area contributed by atoms with Gasteiger partial charge in [-0.15, -0.1) is 0 Å². The normalized spacial score (nSPS) is 10.3. The Morgan fingerprint density at radius 3 is 2.17 bits per heavy atom. The van der Waals surface area contributed by atoms with Crippen molar-refractivity contribution in [2.45, 2.75) is 13.3 Å². The van der Waals surface area contributed by atoms with Gasteiger partial charge in [0, 0.05) is 18.3 Å². The second-order valence-electron chi connectivity index (χ2n) is 6.39. The van der Waals surface area contributed by atoms with E-state index in [9.17, 15) is 4.79 Å². The highest BCUT2D eigenvalue weighted by molar-refractivity contribution is 5.93. The molecule has 0 aliphatic carbocycles. The van der Waals surface area contributed by atoms with Gasteiger partial charge in [0.05, 0.1) is 14.2 Å². The van der Waals surface area contributed by atoms with Gasteiger partial charge in [-0.05, 0) is 55.3 Å². The highest BCUT2D eigenvalue weighted by atomic mass is 16.5. The summed E-state index contributed by atoms with van der Waals surface area (Å²) in [6, 6.07) is 16.9. The van der Waals surface area contributed by atoms with E-state index in [1.807, 2.05) is 48.5 Å². The lowest BCUT2D eigenvalue weighted by Crippen LogP contribution is -2.27. The number of rotatable bonds is 8. The lowest BCUT2D eigenvalue weighted by atomic mass is 10.1. The monoisotopic (exact) mass is 392 g/mol. The first-order chi connectivity index (χ1) is 14.1. The molecule has 0 saturated heterocycles. The summed E-state index contributed by atoms with van der Waals surface area (Å²) < 4.78 is 10.3. The highest BCUT2D eigenvalue weighted by Crippen LogP contribution is 2.19. The fourth-order valence-electron chi connectivity index (χ4n) is 2.77. The molecule has 0 radical (unpaired) electrons. The van der Waals surface area contributed by atoms with Crippen LogP contribution in [0.25, 0.3) is 0 Å². The summed E-state index contributed by atoms with van der Waals surface area (Å²) in [5.74, 6) is 2.42. The molecular formula is C22H24N4O3. The Morgan fingerprint density at radius 1 is 0.931 bits per heavy atom. The minimum Gasteiger partial charge on any atom is -0.497 e. The Balaban J connectivity index is 1.60. The number of methoxy groups -OCH3 is 2. The van der Waals surface area contributed by atoms with Crippen LogP contribution in [0.5, 0.6) is 11.5 Å². The fraction of sp³-hybridized carbons (Fsp3) is 0.227. The number of ether oxygens (including phenoxy) is 2. The first-order valence-electron chi connectivity index (χ1n) is 9.25.